The number of benzene rings is 2. The van der Waals surface area contributed by atoms with Crippen LogP contribution in [-0.4, -0.2) is 18.0 Å². The molecule has 0 saturated heterocycles. The first kappa shape index (κ1) is 19.5. The Balaban J connectivity index is 2.04. The normalized spacial score (nSPS) is 11.4. The van der Waals surface area contributed by atoms with Crippen molar-refractivity contribution in [3.63, 3.8) is 0 Å². The minimum absolute atomic E-state index is 0.244. The lowest BCUT2D eigenvalue weighted by Crippen LogP contribution is -2.32. The maximum atomic E-state index is 12.9. The molecule has 5 nitrogen and oxygen atoms in total. The highest BCUT2D eigenvalue weighted by atomic mass is 35.5. The third kappa shape index (κ3) is 4.82. The summed E-state index contributed by atoms with van der Waals surface area (Å²) < 4.78 is 38.6. The number of alkyl halides is 3. The van der Waals surface area contributed by atoms with Gasteiger partial charge in [-0.05, 0) is 30.7 Å². The lowest BCUT2D eigenvalue weighted by molar-refractivity contribution is -0.137. The number of hydrazone groups is 1. The van der Waals surface area contributed by atoms with Gasteiger partial charge in [0.15, 0.2) is 0 Å². The molecule has 0 aliphatic rings. The molecule has 2 amide bonds. The molecule has 0 fully saturated rings. The van der Waals surface area contributed by atoms with Gasteiger partial charge in [0.1, 0.15) is 0 Å². The summed E-state index contributed by atoms with van der Waals surface area (Å²) in [5, 5.41) is 6.16. The van der Waals surface area contributed by atoms with E-state index < -0.39 is 23.6 Å². The maximum absolute atomic E-state index is 12.9. The minimum Gasteiger partial charge on any atom is -0.317 e. The van der Waals surface area contributed by atoms with Crippen LogP contribution in [0.2, 0.25) is 5.02 Å². The Hall–Kier alpha value is -2.87. The number of amides is 2. The monoisotopic (exact) mass is 383 g/mol. The molecule has 26 heavy (non-hydrogen) atoms. The highest BCUT2D eigenvalue weighted by Gasteiger charge is 2.32. The molecule has 0 unspecified atom stereocenters. The number of nitrogens with zero attached hydrogens (tertiary/aromatic N) is 1. The number of hydrogen-bond acceptors (Lipinski definition) is 3. The van der Waals surface area contributed by atoms with Crippen molar-refractivity contribution in [1.29, 1.82) is 0 Å². The second-order valence-electron chi connectivity index (χ2n) is 5.15. The van der Waals surface area contributed by atoms with Gasteiger partial charge in [0, 0.05) is 16.3 Å². The molecule has 9 heteroatoms. The van der Waals surface area contributed by atoms with Crippen molar-refractivity contribution >= 4 is 35.3 Å². The molecule has 0 aromatic heterocycles. The van der Waals surface area contributed by atoms with Crippen LogP contribution in [0.15, 0.2) is 47.6 Å². The second kappa shape index (κ2) is 8.01. The number of carbonyl (C=O) groups excluding carboxylic acids is 2. The largest absolute Gasteiger partial charge is 0.417 e. The average molecular weight is 384 g/mol. The first-order valence-corrected chi connectivity index (χ1v) is 7.63. The molecule has 2 rings (SSSR count). The Morgan fingerprint density at radius 2 is 1.77 bits per heavy atom. The van der Waals surface area contributed by atoms with Crippen molar-refractivity contribution in [2.24, 2.45) is 5.10 Å². The summed E-state index contributed by atoms with van der Waals surface area (Å²) in [7, 11) is 0. The van der Waals surface area contributed by atoms with Crippen LogP contribution in [0.5, 0.6) is 0 Å². The fourth-order valence-electron chi connectivity index (χ4n) is 2.00. The molecular formula is C17H13ClF3N3O2. The molecule has 2 N–H and O–H groups in total. The van der Waals surface area contributed by atoms with Gasteiger partial charge in [-0.2, -0.15) is 18.3 Å². The van der Waals surface area contributed by atoms with Crippen molar-refractivity contribution in [3.8, 4) is 0 Å². The number of carbonyl (C=O) groups is 2. The predicted molar refractivity (Wildman–Crippen MR) is 92.0 cm³/mol. The van der Waals surface area contributed by atoms with Gasteiger partial charge in [0.25, 0.3) is 0 Å². The van der Waals surface area contributed by atoms with Crippen LogP contribution in [-0.2, 0) is 15.8 Å². The van der Waals surface area contributed by atoms with Gasteiger partial charge < -0.3 is 5.32 Å². The van der Waals surface area contributed by atoms with E-state index in [1.165, 1.54) is 18.2 Å². The zero-order chi connectivity index (χ0) is 19.3. The maximum Gasteiger partial charge on any atom is 0.417 e. The van der Waals surface area contributed by atoms with Crippen LogP contribution in [0.25, 0.3) is 0 Å². The fraction of sp³-hybridized carbons (Fsp3) is 0.118. The minimum atomic E-state index is -4.56. The van der Waals surface area contributed by atoms with E-state index in [-0.39, 0.29) is 5.56 Å². The molecule has 136 valence electrons. The number of halogens is 4. The average Bonchev–Trinajstić information content (AvgIpc) is 2.58. The first-order chi connectivity index (χ1) is 12.2. The summed E-state index contributed by atoms with van der Waals surface area (Å²) in [5.74, 6) is -2.17. The van der Waals surface area contributed by atoms with Gasteiger partial charge in [-0.3, -0.25) is 9.59 Å². The highest BCUT2D eigenvalue weighted by Crippen LogP contribution is 2.31. The Labute approximate surface area is 151 Å². The van der Waals surface area contributed by atoms with Gasteiger partial charge in [-0.25, -0.2) is 5.43 Å². The van der Waals surface area contributed by atoms with E-state index in [2.05, 4.69) is 10.4 Å². The van der Waals surface area contributed by atoms with Crippen LogP contribution in [0.1, 0.15) is 16.7 Å². The Bertz CT molecular complexity index is 867. The molecule has 0 bridgehead atoms. The summed E-state index contributed by atoms with van der Waals surface area (Å²) in [6.07, 6.45) is -3.74. The van der Waals surface area contributed by atoms with Crippen molar-refractivity contribution in [3.05, 3.63) is 64.2 Å². The summed E-state index contributed by atoms with van der Waals surface area (Å²) >= 11 is 5.91. The van der Waals surface area contributed by atoms with E-state index in [0.717, 1.165) is 12.3 Å². The molecule has 0 radical (unpaired) electrons. The second-order valence-corrected chi connectivity index (χ2v) is 5.56. The molecule has 0 saturated carbocycles. The van der Waals surface area contributed by atoms with Gasteiger partial charge in [-0.15, -0.1) is 0 Å². The van der Waals surface area contributed by atoms with Crippen LogP contribution < -0.4 is 10.7 Å². The molecule has 0 atom stereocenters. The number of nitrogens with one attached hydrogen (secondary N) is 2. The van der Waals surface area contributed by atoms with E-state index >= 15 is 0 Å². The zero-order valence-corrected chi connectivity index (χ0v) is 14.2. The van der Waals surface area contributed by atoms with Gasteiger partial charge >= 0.3 is 18.0 Å². The molecule has 2 aromatic carbocycles. The Kier molecular flexibility index (Phi) is 5.99. The molecule has 0 heterocycles. The number of hydrogen-bond donors (Lipinski definition) is 2. The lowest BCUT2D eigenvalue weighted by atomic mass is 10.1. The van der Waals surface area contributed by atoms with E-state index in [4.69, 9.17) is 11.6 Å². The summed E-state index contributed by atoms with van der Waals surface area (Å²) in [4.78, 5) is 23.5. The lowest BCUT2D eigenvalue weighted by Gasteiger charge is -2.09. The summed E-state index contributed by atoms with van der Waals surface area (Å²) in [6.45, 7) is 1.65. The molecular weight excluding hydrogens is 371 g/mol. The summed E-state index contributed by atoms with van der Waals surface area (Å²) in [5.41, 5.74) is 1.64. The summed E-state index contributed by atoms with van der Waals surface area (Å²) in [6, 6.07) is 9.47. The predicted octanol–water partition coefficient (Wildman–Crippen LogP) is 3.76. The quantitative estimate of drug-likeness (QED) is 0.481. The van der Waals surface area contributed by atoms with E-state index in [9.17, 15) is 22.8 Å². The van der Waals surface area contributed by atoms with Crippen molar-refractivity contribution in [2.45, 2.75) is 13.1 Å². The van der Waals surface area contributed by atoms with Gasteiger partial charge in [0.2, 0.25) is 0 Å². The first-order valence-electron chi connectivity index (χ1n) is 7.26. The molecule has 0 aliphatic heterocycles. The number of anilines is 1. The van der Waals surface area contributed by atoms with E-state index in [1.807, 2.05) is 5.43 Å². The number of rotatable bonds is 3. The van der Waals surface area contributed by atoms with E-state index in [1.54, 1.807) is 25.1 Å². The van der Waals surface area contributed by atoms with Gasteiger partial charge in [0.05, 0.1) is 11.8 Å². The van der Waals surface area contributed by atoms with E-state index in [0.29, 0.717) is 16.3 Å². The Morgan fingerprint density at radius 3 is 2.46 bits per heavy atom. The Morgan fingerprint density at radius 1 is 1.08 bits per heavy atom. The van der Waals surface area contributed by atoms with Crippen LogP contribution in [0.3, 0.4) is 0 Å². The standard InChI is InChI=1S/C17H13ClF3N3O2/c1-10-13(18)7-4-8-14(10)23-15(25)16(26)24-22-9-11-5-2-3-6-12(11)17(19,20)21/h2-9H,1H3,(H,23,25)(H,24,26)/b22-9+. The van der Waals surface area contributed by atoms with Crippen LogP contribution in [0, 0.1) is 6.92 Å². The van der Waals surface area contributed by atoms with Crippen molar-refractivity contribution in [1.82, 2.24) is 5.43 Å². The van der Waals surface area contributed by atoms with Crippen molar-refractivity contribution in [2.75, 3.05) is 5.32 Å². The third-order valence-electron chi connectivity index (χ3n) is 3.36. The van der Waals surface area contributed by atoms with Crippen LogP contribution >= 0.6 is 11.6 Å². The smallest absolute Gasteiger partial charge is 0.317 e. The molecule has 0 spiro atoms. The molecule has 2 aromatic rings. The highest BCUT2D eigenvalue weighted by molar-refractivity contribution is 6.40. The fourth-order valence-corrected chi connectivity index (χ4v) is 2.18. The van der Waals surface area contributed by atoms with Gasteiger partial charge in [-0.1, -0.05) is 35.9 Å². The third-order valence-corrected chi connectivity index (χ3v) is 3.77. The SMILES string of the molecule is Cc1c(Cl)cccc1NC(=O)C(=O)N/N=C/c1ccccc1C(F)(F)F. The molecule has 0 aliphatic carbocycles. The van der Waals surface area contributed by atoms with Crippen LogP contribution in [0.4, 0.5) is 18.9 Å². The topological polar surface area (TPSA) is 70.6 Å². The zero-order valence-electron chi connectivity index (χ0n) is 13.4. The van der Waals surface area contributed by atoms with Crippen molar-refractivity contribution < 1.29 is 22.8 Å².